The number of hydrogen-bond donors (Lipinski definition) is 0. The van der Waals surface area contributed by atoms with E-state index in [1.54, 1.807) is 12.1 Å². The second-order valence-corrected chi connectivity index (χ2v) is 2.93. The molecule has 2 rings (SSSR count). The van der Waals surface area contributed by atoms with Gasteiger partial charge in [0, 0.05) is 12.8 Å². The van der Waals surface area contributed by atoms with Crippen molar-refractivity contribution in [2.24, 2.45) is 0 Å². The lowest BCUT2D eigenvalue weighted by atomic mass is 10.4. The molecule has 1 fully saturated rings. The summed E-state index contributed by atoms with van der Waals surface area (Å²) in [5.74, 6) is 0.000567. The number of hydroxylamine groups is 2. The predicted molar refractivity (Wildman–Crippen MR) is 44.6 cm³/mol. The normalized spacial score (nSPS) is 16.7. The first kappa shape index (κ1) is 8.96. The molecular weight excluding hydrogens is 186 g/mol. The maximum atomic E-state index is 11.1. The molecule has 0 saturated carbocycles. The van der Waals surface area contributed by atoms with Gasteiger partial charge < -0.3 is 4.42 Å². The third kappa shape index (κ3) is 1.67. The van der Waals surface area contributed by atoms with Crippen LogP contribution in [0.5, 0.6) is 0 Å². The van der Waals surface area contributed by atoms with Gasteiger partial charge in [0.05, 0.1) is 6.26 Å². The second-order valence-electron chi connectivity index (χ2n) is 2.93. The SMILES string of the molecule is O=C1CCC(=O)N1OCc1ccco1. The molecule has 0 N–H and O–H groups in total. The molecular formula is C9H9NO4. The van der Waals surface area contributed by atoms with E-state index in [0.29, 0.717) is 5.76 Å². The molecule has 0 radical (unpaired) electrons. The molecule has 1 aromatic heterocycles. The van der Waals surface area contributed by atoms with Crippen molar-refractivity contribution in [3.05, 3.63) is 24.2 Å². The van der Waals surface area contributed by atoms with E-state index in [1.807, 2.05) is 0 Å². The smallest absolute Gasteiger partial charge is 0.254 e. The molecule has 1 saturated heterocycles. The molecule has 14 heavy (non-hydrogen) atoms. The molecule has 0 aliphatic carbocycles. The van der Waals surface area contributed by atoms with Crippen LogP contribution in [-0.4, -0.2) is 16.9 Å². The van der Waals surface area contributed by atoms with E-state index < -0.39 is 0 Å². The molecule has 2 heterocycles. The second kappa shape index (κ2) is 3.63. The summed E-state index contributed by atoms with van der Waals surface area (Å²) in [4.78, 5) is 27.2. The third-order valence-electron chi connectivity index (χ3n) is 1.92. The summed E-state index contributed by atoms with van der Waals surface area (Å²) in [6, 6.07) is 3.43. The first-order valence-electron chi connectivity index (χ1n) is 4.28. The van der Waals surface area contributed by atoms with Gasteiger partial charge in [0.25, 0.3) is 11.8 Å². The molecule has 1 aliphatic heterocycles. The van der Waals surface area contributed by atoms with E-state index in [-0.39, 0.29) is 31.3 Å². The van der Waals surface area contributed by atoms with Crippen molar-refractivity contribution >= 4 is 11.8 Å². The Morgan fingerprint density at radius 3 is 2.64 bits per heavy atom. The molecule has 1 aliphatic rings. The number of carbonyl (C=O) groups is 2. The van der Waals surface area contributed by atoms with Crippen LogP contribution in [0.3, 0.4) is 0 Å². The lowest BCUT2D eigenvalue weighted by Gasteiger charge is -2.11. The first-order valence-corrected chi connectivity index (χ1v) is 4.28. The van der Waals surface area contributed by atoms with Crippen LogP contribution < -0.4 is 0 Å². The van der Waals surface area contributed by atoms with Crippen LogP contribution in [0.15, 0.2) is 22.8 Å². The number of furan rings is 1. The van der Waals surface area contributed by atoms with Gasteiger partial charge in [-0.05, 0) is 12.1 Å². The van der Waals surface area contributed by atoms with Gasteiger partial charge in [-0.3, -0.25) is 14.4 Å². The average molecular weight is 195 g/mol. The summed E-state index contributed by atoms with van der Waals surface area (Å²) in [5, 5.41) is 0.808. The van der Waals surface area contributed by atoms with Crippen molar-refractivity contribution in [2.45, 2.75) is 19.4 Å². The minimum atomic E-state index is -0.290. The Kier molecular flexibility index (Phi) is 2.32. The lowest BCUT2D eigenvalue weighted by molar-refractivity contribution is -0.192. The summed E-state index contributed by atoms with van der Waals surface area (Å²) >= 11 is 0. The van der Waals surface area contributed by atoms with Crippen LogP contribution in [-0.2, 0) is 21.0 Å². The molecule has 0 bridgehead atoms. The van der Waals surface area contributed by atoms with E-state index in [4.69, 9.17) is 9.25 Å². The van der Waals surface area contributed by atoms with Gasteiger partial charge in [0.2, 0.25) is 0 Å². The van der Waals surface area contributed by atoms with Crippen molar-refractivity contribution in [1.82, 2.24) is 5.06 Å². The van der Waals surface area contributed by atoms with Crippen LogP contribution in [0, 0.1) is 0 Å². The number of hydrogen-bond acceptors (Lipinski definition) is 4. The zero-order valence-electron chi connectivity index (χ0n) is 7.43. The quantitative estimate of drug-likeness (QED) is 0.671. The van der Waals surface area contributed by atoms with E-state index in [1.165, 1.54) is 6.26 Å². The molecule has 0 spiro atoms. The Labute approximate surface area is 80.2 Å². The Hall–Kier alpha value is -1.62. The van der Waals surface area contributed by atoms with Gasteiger partial charge in [-0.15, -0.1) is 0 Å². The van der Waals surface area contributed by atoms with Crippen molar-refractivity contribution in [3.63, 3.8) is 0 Å². The molecule has 0 unspecified atom stereocenters. The van der Waals surface area contributed by atoms with E-state index in [0.717, 1.165) is 5.06 Å². The van der Waals surface area contributed by atoms with Gasteiger partial charge in [0.15, 0.2) is 0 Å². The summed E-state index contributed by atoms with van der Waals surface area (Å²) in [6.45, 7) is 0.102. The van der Waals surface area contributed by atoms with Crippen LogP contribution >= 0.6 is 0 Å². The van der Waals surface area contributed by atoms with E-state index >= 15 is 0 Å². The fourth-order valence-corrected chi connectivity index (χ4v) is 1.22. The van der Waals surface area contributed by atoms with Crippen LogP contribution in [0.4, 0.5) is 0 Å². The third-order valence-corrected chi connectivity index (χ3v) is 1.92. The Morgan fingerprint density at radius 2 is 2.07 bits per heavy atom. The van der Waals surface area contributed by atoms with Crippen molar-refractivity contribution in [3.8, 4) is 0 Å². The molecule has 5 nitrogen and oxygen atoms in total. The van der Waals surface area contributed by atoms with Crippen LogP contribution in [0.25, 0.3) is 0 Å². The number of carbonyl (C=O) groups excluding carboxylic acids is 2. The van der Waals surface area contributed by atoms with Crippen LogP contribution in [0.1, 0.15) is 18.6 Å². The van der Waals surface area contributed by atoms with Crippen molar-refractivity contribution in [1.29, 1.82) is 0 Å². The molecule has 0 atom stereocenters. The Bertz CT molecular complexity index is 328. The van der Waals surface area contributed by atoms with E-state index in [2.05, 4.69) is 0 Å². The number of rotatable bonds is 3. The first-order chi connectivity index (χ1) is 6.77. The largest absolute Gasteiger partial charge is 0.467 e. The maximum absolute atomic E-state index is 11.1. The van der Waals surface area contributed by atoms with Gasteiger partial charge in [0.1, 0.15) is 12.4 Å². The van der Waals surface area contributed by atoms with Gasteiger partial charge in [-0.2, -0.15) is 5.06 Å². The average Bonchev–Trinajstić information content (AvgIpc) is 2.76. The number of imide groups is 1. The number of amides is 2. The predicted octanol–water partition coefficient (Wildman–Crippen LogP) is 0.860. The molecule has 1 aromatic rings. The highest BCUT2D eigenvalue weighted by atomic mass is 16.7. The summed E-state index contributed by atoms with van der Waals surface area (Å²) in [5.41, 5.74) is 0. The van der Waals surface area contributed by atoms with Gasteiger partial charge >= 0.3 is 0 Å². The zero-order chi connectivity index (χ0) is 9.97. The summed E-state index contributed by atoms with van der Waals surface area (Å²) in [6.07, 6.45) is 1.97. The molecule has 0 aromatic carbocycles. The maximum Gasteiger partial charge on any atom is 0.254 e. The highest BCUT2D eigenvalue weighted by molar-refractivity contribution is 6.00. The van der Waals surface area contributed by atoms with Gasteiger partial charge in [-0.1, -0.05) is 0 Å². The minimum Gasteiger partial charge on any atom is -0.467 e. The Balaban J connectivity index is 1.92. The highest BCUT2D eigenvalue weighted by Crippen LogP contribution is 2.13. The fraction of sp³-hybridized carbons (Fsp3) is 0.333. The summed E-state index contributed by atoms with van der Waals surface area (Å²) in [7, 11) is 0. The monoisotopic (exact) mass is 195 g/mol. The molecule has 74 valence electrons. The van der Waals surface area contributed by atoms with E-state index in [9.17, 15) is 9.59 Å². The minimum absolute atomic E-state index is 0.102. The molecule has 2 amide bonds. The highest BCUT2D eigenvalue weighted by Gasteiger charge is 2.30. The van der Waals surface area contributed by atoms with Crippen LogP contribution in [0.2, 0.25) is 0 Å². The fourth-order valence-electron chi connectivity index (χ4n) is 1.22. The topological polar surface area (TPSA) is 59.8 Å². The van der Waals surface area contributed by atoms with Crippen molar-refractivity contribution in [2.75, 3.05) is 0 Å². The Morgan fingerprint density at radius 1 is 1.36 bits per heavy atom. The summed E-state index contributed by atoms with van der Waals surface area (Å²) < 4.78 is 4.99. The standard InChI is InChI=1S/C9H9NO4/c11-8-3-4-9(12)10(8)14-6-7-2-1-5-13-7/h1-2,5H,3-4,6H2. The number of nitrogens with zero attached hydrogens (tertiary/aromatic N) is 1. The van der Waals surface area contributed by atoms with Crippen molar-refractivity contribution < 1.29 is 18.8 Å². The lowest BCUT2D eigenvalue weighted by Crippen LogP contribution is -2.28. The molecule has 5 heteroatoms. The van der Waals surface area contributed by atoms with Gasteiger partial charge in [-0.25, -0.2) is 0 Å². The zero-order valence-corrected chi connectivity index (χ0v) is 7.43.